The van der Waals surface area contributed by atoms with Crippen molar-refractivity contribution in [1.29, 1.82) is 0 Å². The molecule has 1 heterocycles. The van der Waals surface area contributed by atoms with Gasteiger partial charge in [0.25, 0.3) is 0 Å². The van der Waals surface area contributed by atoms with Gasteiger partial charge in [-0.1, -0.05) is 0 Å². The fraction of sp³-hybridized carbons (Fsp3) is 0.429. The van der Waals surface area contributed by atoms with Crippen LogP contribution >= 0.6 is 0 Å². The molecule has 0 fully saturated rings. The molecule has 0 aliphatic heterocycles. The monoisotopic (exact) mass is 153 g/mol. The first-order valence-electron chi connectivity index (χ1n) is 3.51. The van der Waals surface area contributed by atoms with Gasteiger partial charge >= 0.3 is 0 Å². The maximum Gasteiger partial charge on any atom is 0.155 e. The molecule has 4 heteroatoms. The van der Waals surface area contributed by atoms with E-state index < -0.39 is 0 Å². The van der Waals surface area contributed by atoms with Crippen LogP contribution < -0.4 is 10.5 Å². The summed E-state index contributed by atoms with van der Waals surface area (Å²) in [5.74, 6) is 0.695. The molecule has 0 unspecified atom stereocenters. The molecule has 4 nitrogen and oxygen atoms in total. The van der Waals surface area contributed by atoms with E-state index in [0.717, 1.165) is 6.42 Å². The van der Waals surface area contributed by atoms with E-state index in [1.807, 2.05) is 0 Å². The molecular weight excluding hydrogens is 142 g/mol. The number of nitrogens with zero attached hydrogens (tertiary/aromatic N) is 2. The molecule has 1 aromatic rings. The number of ether oxygens (including phenoxy) is 1. The van der Waals surface area contributed by atoms with Crippen LogP contribution in [0.3, 0.4) is 0 Å². The minimum absolute atomic E-state index is 0.629. The molecule has 0 saturated carbocycles. The molecule has 11 heavy (non-hydrogen) atoms. The maximum absolute atomic E-state index is 5.28. The van der Waals surface area contributed by atoms with E-state index in [4.69, 9.17) is 10.5 Å². The minimum Gasteiger partial charge on any atom is -0.490 e. The Morgan fingerprint density at radius 2 is 2.09 bits per heavy atom. The predicted octanol–water partition coefficient (Wildman–Crippen LogP) is 0.204. The third-order valence-electron chi connectivity index (χ3n) is 1.15. The summed E-state index contributed by atoms with van der Waals surface area (Å²) in [6.07, 6.45) is 5.58. The van der Waals surface area contributed by atoms with E-state index in [1.165, 1.54) is 6.33 Å². The highest BCUT2D eigenvalue weighted by Crippen LogP contribution is 2.03. The zero-order chi connectivity index (χ0) is 7.94. The predicted molar refractivity (Wildman–Crippen MR) is 41.2 cm³/mol. The zero-order valence-electron chi connectivity index (χ0n) is 6.23. The lowest BCUT2D eigenvalue weighted by Crippen LogP contribution is -2.06. The summed E-state index contributed by atoms with van der Waals surface area (Å²) < 4.78 is 5.24. The Hall–Kier alpha value is -1.16. The van der Waals surface area contributed by atoms with Crippen molar-refractivity contribution in [2.75, 3.05) is 13.2 Å². The van der Waals surface area contributed by atoms with Crippen molar-refractivity contribution in [3.05, 3.63) is 18.7 Å². The average Bonchev–Trinajstić information content (AvgIpc) is 2.07. The molecule has 2 N–H and O–H groups in total. The molecule has 0 bridgehead atoms. The van der Waals surface area contributed by atoms with Crippen molar-refractivity contribution < 1.29 is 4.74 Å². The van der Waals surface area contributed by atoms with Gasteiger partial charge in [-0.2, -0.15) is 0 Å². The molecule has 0 saturated heterocycles. The highest BCUT2D eigenvalue weighted by molar-refractivity contribution is 5.09. The molecular formula is C7H11N3O. The highest BCUT2D eigenvalue weighted by Gasteiger charge is 1.90. The van der Waals surface area contributed by atoms with Gasteiger partial charge in [0.15, 0.2) is 5.75 Å². The van der Waals surface area contributed by atoms with Crippen LogP contribution in [0.5, 0.6) is 5.75 Å². The summed E-state index contributed by atoms with van der Waals surface area (Å²) >= 11 is 0. The Morgan fingerprint density at radius 1 is 1.36 bits per heavy atom. The van der Waals surface area contributed by atoms with Gasteiger partial charge in [0.2, 0.25) is 0 Å². The SMILES string of the molecule is NCCCOc1cncnc1. The summed E-state index contributed by atoms with van der Waals surface area (Å²) in [4.78, 5) is 7.59. The Balaban J connectivity index is 2.28. The molecule has 0 amide bonds. The van der Waals surface area contributed by atoms with Crippen molar-refractivity contribution in [3.63, 3.8) is 0 Å². The van der Waals surface area contributed by atoms with Crippen molar-refractivity contribution in [2.45, 2.75) is 6.42 Å². The van der Waals surface area contributed by atoms with Crippen LogP contribution in [0.25, 0.3) is 0 Å². The second-order valence-electron chi connectivity index (χ2n) is 2.06. The van der Waals surface area contributed by atoms with E-state index in [2.05, 4.69) is 9.97 Å². The molecule has 1 aromatic heterocycles. The largest absolute Gasteiger partial charge is 0.490 e. The maximum atomic E-state index is 5.28. The van der Waals surface area contributed by atoms with Crippen LogP contribution in [-0.2, 0) is 0 Å². The van der Waals surface area contributed by atoms with Crippen molar-refractivity contribution in [3.8, 4) is 5.75 Å². The summed E-state index contributed by atoms with van der Waals surface area (Å²) in [6.45, 7) is 1.28. The molecule has 0 aromatic carbocycles. The quantitative estimate of drug-likeness (QED) is 0.628. The first-order valence-corrected chi connectivity index (χ1v) is 3.51. The van der Waals surface area contributed by atoms with Crippen molar-refractivity contribution >= 4 is 0 Å². The van der Waals surface area contributed by atoms with Crippen LogP contribution in [0, 0.1) is 0 Å². The first-order chi connectivity index (χ1) is 5.43. The highest BCUT2D eigenvalue weighted by atomic mass is 16.5. The van der Waals surface area contributed by atoms with E-state index in [1.54, 1.807) is 12.4 Å². The second kappa shape index (κ2) is 4.62. The lowest BCUT2D eigenvalue weighted by molar-refractivity contribution is 0.311. The second-order valence-corrected chi connectivity index (χ2v) is 2.06. The molecule has 1 rings (SSSR count). The van der Waals surface area contributed by atoms with Gasteiger partial charge in [0.1, 0.15) is 6.33 Å². The normalized spacial score (nSPS) is 9.55. The number of hydrogen-bond donors (Lipinski definition) is 1. The Bertz CT molecular complexity index is 190. The third-order valence-corrected chi connectivity index (χ3v) is 1.15. The van der Waals surface area contributed by atoms with Gasteiger partial charge in [-0.05, 0) is 13.0 Å². The minimum atomic E-state index is 0.629. The summed E-state index contributed by atoms with van der Waals surface area (Å²) in [7, 11) is 0. The van der Waals surface area contributed by atoms with E-state index >= 15 is 0 Å². The summed E-state index contributed by atoms with van der Waals surface area (Å²) in [6, 6.07) is 0. The summed E-state index contributed by atoms with van der Waals surface area (Å²) in [5, 5.41) is 0. The van der Waals surface area contributed by atoms with Crippen LogP contribution in [0.1, 0.15) is 6.42 Å². The fourth-order valence-corrected chi connectivity index (χ4v) is 0.633. The zero-order valence-corrected chi connectivity index (χ0v) is 6.23. The molecule has 0 radical (unpaired) electrons. The van der Waals surface area contributed by atoms with E-state index in [0.29, 0.717) is 18.9 Å². The average molecular weight is 153 g/mol. The van der Waals surface area contributed by atoms with Gasteiger partial charge < -0.3 is 10.5 Å². The number of nitrogens with two attached hydrogens (primary N) is 1. The Morgan fingerprint density at radius 3 is 2.73 bits per heavy atom. The standard InChI is InChI=1S/C7H11N3O/c8-2-1-3-11-7-4-9-6-10-5-7/h4-6H,1-3,8H2. The van der Waals surface area contributed by atoms with E-state index in [9.17, 15) is 0 Å². The van der Waals surface area contributed by atoms with Crippen LogP contribution in [-0.4, -0.2) is 23.1 Å². The number of hydrogen-bond acceptors (Lipinski definition) is 4. The summed E-state index contributed by atoms with van der Waals surface area (Å²) in [5.41, 5.74) is 5.28. The van der Waals surface area contributed by atoms with Crippen molar-refractivity contribution in [2.24, 2.45) is 5.73 Å². The van der Waals surface area contributed by atoms with Crippen LogP contribution in [0.2, 0.25) is 0 Å². The molecule has 0 aliphatic rings. The fourth-order valence-electron chi connectivity index (χ4n) is 0.633. The van der Waals surface area contributed by atoms with Crippen LogP contribution in [0.4, 0.5) is 0 Å². The number of aromatic nitrogens is 2. The van der Waals surface area contributed by atoms with E-state index in [-0.39, 0.29) is 0 Å². The molecule has 0 atom stereocenters. The molecule has 0 spiro atoms. The van der Waals surface area contributed by atoms with Gasteiger partial charge in [0, 0.05) is 0 Å². The van der Waals surface area contributed by atoms with Gasteiger partial charge in [-0.3, -0.25) is 0 Å². The van der Waals surface area contributed by atoms with Gasteiger partial charge in [0.05, 0.1) is 19.0 Å². The van der Waals surface area contributed by atoms with Crippen molar-refractivity contribution in [1.82, 2.24) is 9.97 Å². The smallest absolute Gasteiger partial charge is 0.155 e. The Labute approximate surface area is 65.4 Å². The first kappa shape index (κ1) is 7.94. The van der Waals surface area contributed by atoms with Crippen LogP contribution in [0.15, 0.2) is 18.7 Å². The van der Waals surface area contributed by atoms with Gasteiger partial charge in [-0.25, -0.2) is 9.97 Å². The molecule has 0 aliphatic carbocycles. The Kier molecular flexibility index (Phi) is 3.34. The lowest BCUT2D eigenvalue weighted by Gasteiger charge is -2.01. The topological polar surface area (TPSA) is 61.0 Å². The van der Waals surface area contributed by atoms with Gasteiger partial charge in [-0.15, -0.1) is 0 Å². The molecule has 60 valence electrons. The lowest BCUT2D eigenvalue weighted by atomic mass is 10.5. The number of rotatable bonds is 4. The third kappa shape index (κ3) is 2.95.